The van der Waals surface area contributed by atoms with Gasteiger partial charge in [-0.3, -0.25) is 0 Å². The summed E-state index contributed by atoms with van der Waals surface area (Å²) in [7, 11) is 0. The van der Waals surface area contributed by atoms with Crippen LogP contribution in [0.5, 0.6) is 0 Å². The highest BCUT2D eigenvalue weighted by molar-refractivity contribution is 6.07. The van der Waals surface area contributed by atoms with Crippen molar-refractivity contribution in [1.82, 2.24) is 9.55 Å². The average molecular weight is 210 g/mol. The van der Waals surface area contributed by atoms with Crippen LogP contribution in [-0.2, 0) is 6.54 Å². The van der Waals surface area contributed by atoms with E-state index < -0.39 is 0 Å². The minimum Gasteiger partial charge on any atom is -0.325 e. The van der Waals surface area contributed by atoms with Crippen molar-refractivity contribution in [2.24, 2.45) is 0 Å². The molecule has 0 aliphatic rings. The Morgan fingerprint density at radius 3 is 2.75 bits per heavy atom. The van der Waals surface area contributed by atoms with Crippen molar-refractivity contribution in [2.45, 2.75) is 20.4 Å². The molecule has 0 saturated heterocycles. The molecule has 0 atom stereocenters. The molecule has 0 amide bonds. The van der Waals surface area contributed by atoms with Gasteiger partial charge in [0.05, 0.1) is 5.52 Å². The Bertz CT molecular complexity index is 665. The van der Waals surface area contributed by atoms with Crippen molar-refractivity contribution in [3.63, 3.8) is 0 Å². The molecule has 16 heavy (non-hydrogen) atoms. The summed E-state index contributed by atoms with van der Waals surface area (Å²) in [5, 5.41) is 2.56. The first-order valence-electron chi connectivity index (χ1n) is 5.65. The fraction of sp³-hybridized carbons (Fsp3) is 0.214. The van der Waals surface area contributed by atoms with Gasteiger partial charge in [0.1, 0.15) is 5.65 Å². The Morgan fingerprint density at radius 2 is 1.94 bits per heavy atom. The minimum absolute atomic E-state index is 0.960. The first-order chi connectivity index (χ1) is 7.83. The lowest BCUT2D eigenvalue weighted by molar-refractivity contribution is 0.814. The second-order valence-electron chi connectivity index (χ2n) is 4.09. The number of hydrogen-bond donors (Lipinski definition) is 0. The summed E-state index contributed by atoms with van der Waals surface area (Å²) in [6.07, 6.45) is 1.86. The smallest absolute Gasteiger partial charge is 0.140 e. The summed E-state index contributed by atoms with van der Waals surface area (Å²) in [5.41, 5.74) is 3.73. The molecule has 3 rings (SSSR count). The van der Waals surface area contributed by atoms with Crippen molar-refractivity contribution in [2.75, 3.05) is 0 Å². The lowest BCUT2D eigenvalue weighted by Crippen LogP contribution is -1.95. The SMILES string of the molecule is CCn1c2ncccc2c2cccc(C)c21. The van der Waals surface area contributed by atoms with Crippen LogP contribution < -0.4 is 0 Å². The van der Waals surface area contributed by atoms with E-state index in [9.17, 15) is 0 Å². The lowest BCUT2D eigenvalue weighted by Gasteiger charge is -2.03. The Balaban J connectivity index is 2.64. The van der Waals surface area contributed by atoms with Gasteiger partial charge in [0.2, 0.25) is 0 Å². The first-order valence-corrected chi connectivity index (χ1v) is 5.65. The normalized spacial score (nSPS) is 11.4. The van der Waals surface area contributed by atoms with E-state index in [4.69, 9.17) is 0 Å². The van der Waals surface area contributed by atoms with Gasteiger partial charge in [-0.2, -0.15) is 0 Å². The van der Waals surface area contributed by atoms with Crippen molar-refractivity contribution < 1.29 is 0 Å². The maximum absolute atomic E-state index is 4.49. The number of hydrogen-bond acceptors (Lipinski definition) is 1. The molecule has 0 spiro atoms. The van der Waals surface area contributed by atoms with Crippen LogP contribution in [0.15, 0.2) is 36.5 Å². The predicted molar refractivity (Wildman–Crippen MR) is 67.7 cm³/mol. The van der Waals surface area contributed by atoms with Crippen LogP contribution >= 0.6 is 0 Å². The molecule has 0 radical (unpaired) electrons. The highest BCUT2D eigenvalue weighted by Crippen LogP contribution is 2.29. The summed E-state index contributed by atoms with van der Waals surface area (Å²) in [4.78, 5) is 4.49. The van der Waals surface area contributed by atoms with Gasteiger partial charge >= 0.3 is 0 Å². The van der Waals surface area contributed by atoms with Gasteiger partial charge in [-0.1, -0.05) is 18.2 Å². The molecule has 0 bridgehead atoms. The van der Waals surface area contributed by atoms with Crippen LogP contribution in [-0.4, -0.2) is 9.55 Å². The van der Waals surface area contributed by atoms with Crippen LogP contribution in [0.25, 0.3) is 21.9 Å². The largest absolute Gasteiger partial charge is 0.325 e. The number of aromatic nitrogens is 2. The molecule has 3 aromatic rings. The number of pyridine rings is 1. The van der Waals surface area contributed by atoms with E-state index in [-0.39, 0.29) is 0 Å². The molecular weight excluding hydrogens is 196 g/mol. The maximum Gasteiger partial charge on any atom is 0.140 e. The standard InChI is InChI=1S/C14H14N2/c1-3-16-13-10(2)6-4-7-11(13)12-8-5-9-15-14(12)16/h4-9H,3H2,1-2H3. The zero-order chi connectivity index (χ0) is 11.1. The number of para-hydroxylation sites is 1. The van der Waals surface area contributed by atoms with E-state index >= 15 is 0 Å². The highest BCUT2D eigenvalue weighted by Gasteiger charge is 2.10. The Hall–Kier alpha value is -1.83. The molecule has 2 heteroatoms. The van der Waals surface area contributed by atoms with Crippen molar-refractivity contribution in [3.05, 3.63) is 42.1 Å². The van der Waals surface area contributed by atoms with Crippen molar-refractivity contribution >= 4 is 21.9 Å². The third kappa shape index (κ3) is 1.10. The zero-order valence-electron chi connectivity index (χ0n) is 9.57. The van der Waals surface area contributed by atoms with E-state index in [0.717, 1.165) is 12.2 Å². The Labute approximate surface area is 94.5 Å². The van der Waals surface area contributed by atoms with Crippen LogP contribution in [0, 0.1) is 6.92 Å². The summed E-state index contributed by atoms with van der Waals surface area (Å²) >= 11 is 0. The summed E-state index contributed by atoms with van der Waals surface area (Å²) in [6.45, 7) is 5.29. The number of fused-ring (bicyclic) bond motifs is 3. The van der Waals surface area contributed by atoms with Crippen LogP contribution in [0.1, 0.15) is 12.5 Å². The molecular formula is C14H14N2. The first kappa shape index (κ1) is 9.40. The molecule has 80 valence electrons. The molecule has 0 fully saturated rings. The molecule has 0 unspecified atom stereocenters. The Morgan fingerprint density at radius 1 is 1.12 bits per heavy atom. The third-order valence-corrected chi connectivity index (χ3v) is 3.16. The van der Waals surface area contributed by atoms with Crippen molar-refractivity contribution in [3.8, 4) is 0 Å². The third-order valence-electron chi connectivity index (χ3n) is 3.16. The van der Waals surface area contributed by atoms with E-state index in [0.29, 0.717) is 0 Å². The maximum atomic E-state index is 4.49. The molecule has 2 heterocycles. The molecule has 2 aromatic heterocycles. The summed E-state index contributed by atoms with van der Waals surface area (Å²) in [5.74, 6) is 0. The summed E-state index contributed by atoms with van der Waals surface area (Å²) in [6, 6.07) is 10.6. The second-order valence-corrected chi connectivity index (χ2v) is 4.09. The average Bonchev–Trinajstić information content (AvgIpc) is 2.65. The predicted octanol–water partition coefficient (Wildman–Crippen LogP) is 3.52. The van der Waals surface area contributed by atoms with Crippen LogP contribution in [0.2, 0.25) is 0 Å². The van der Waals surface area contributed by atoms with Gasteiger partial charge in [-0.15, -0.1) is 0 Å². The van der Waals surface area contributed by atoms with E-state index in [1.54, 1.807) is 0 Å². The molecule has 0 aliphatic heterocycles. The highest BCUT2D eigenvalue weighted by atomic mass is 15.0. The number of aryl methyl sites for hydroxylation is 2. The van der Waals surface area contributed by atoms with Gasteiger partial charge in [0.15, 0.2) is 0 Å². The number of nitrogens with zero attached hydrogens (tertiary/aromatic N) is 2. The van der Waals surface area contributed by atoms with Crippen LogP contribution in [0.4, 0.5) is 0 Å². The molecule has 1 aromatic carbocycles. The van der Waals surface area contributed by atoms with Gasteiger partial charge in [0, 0.05) is 23.5 Å². The minimum atomic E-state index is 0.960. The van der Waals surface area contributed by atoms with Gasteiger partial charge in [-0.25, -0.2) is 4.98 Å². The van der Waals surface area contributed by atoms with Crippen molar-refractivity contribution in [1.29, 1.82) is 0 Å². The molecule has 0 saturated carbocycles. The number of rotatable bonds is 1. The zero-order valence-corrected chi connectivity index (χ0v) is 9.57. The van der Waals surface area contributed by atoms with E-state index in [2.05, 4.69) is 47.7 Å². The van der Waals surface area contributed by atoms with Crippen LogP contribution in [0.3, 0.4) is 0 Å². The lowest BCUT2D eigenvalue weighted by atomic mass is 10.1. The van der Waals surface area contributed by atoms with Gasteiger partial charge < -0.3 is 4.57 Å². The fourth-order valence-electron chi connectivity index (χ4n) is 2.47. The summed E-state index contributed by atoms with van der Waals surface area (Å²) < 4.78 is 2.29. The molecule has 2 nitrogen and oxygen atoms in total. The molecule has 0 N–H and O–H groups in total. The van der Waals surface area contributed by atoms with E-state index in [1.165, 1.54) is 21.9 Å². The van der Waals surface area contributed by atoms with Gasteiger partial charge in [0.25, 0.3) is 0 Å². The fourth-order valence-corrected chi connectivity index (χ4v) is 2.47. The molecule has 0 aliphatic carbocycles. The topological polar surface area (TPSA) is 17.8 Å². The Kier molecular flexibility index (Phi) is 1.96. The monoisotopic (exact) mass is 210 g/mol. The van der Waals surface area contributed by atoms with Gasteiger partial charge in [-0.05, 0) is 31.5 Å². The van der Waals surface area contributed by atoms with E-state index in [1.807, 2.05) is 12.3 Å². The number of benzene rings is 1. The quantitative estimate of drug-likeness (QED) is 0.601. The second kappa shape index (κ2) is 3.34.